The highest BCUT2D eigenvalue weighted by molar-refractivity contribution is 7.13. The molecule has 168 valence electrons. The number of hydrogen-bond acceptors (Lipinski definition) is 6. The summed E-state index contributed by atoms with van der Waals surface area (Å²) in [6.45, 7) is 3.42. The van der Waals surface area contributed by atoms with Crippen LogP contribution in [-0.4, -0.2) is 36.1 Å². The summed E-state index contributed by atoms with van der Waals surface area (Å²) in [5.74, 6) is -0.114. The van der Waals surface area contributed by atoms with Crippen LogP contribution in [0.5, 0.6) is 0 Å². The lowest BCUT2D eigenvalue weighted by atomic mass is 9.86. The molecule has 0 aliphatic heterocycles. The lowest BCUT2D eigenvalue weighted by Crippen LogP contribution is -2.20. The second kappa shape index (κ2) is 10.7. The molecule has 0 spiro atoms. The van der Waals surface area contributed by atoms with E-state index >= 15 is 0 Å². The third-order valence-corrected chi connectivity index (χ3v) is 6.44. The topological polar surface area (TPSA) is 77.5 Å². The van der Waals surface area contributed by atoms with E-state index in [1.165, 1.54) is 43.6 Å². The van der Waals surface area contributed by atoms with Gasteiger partial charge in [0.2, 0.25) is 0 Å². The van der Waals surface area contributed by atoms with Gasteiger partial charge in [-0.25, -0.2) is 4.79 Å². The van der Waals surface area contributed by atoms with Crippen molar-refractivity contribution < 1.29 is 19.1 Å². The molecule has 1 amide bonds. The molecule has 2 aromatic carbocycles. The number of anilines is 1. The predicted octanol–water partition coefficient (Wildman–Crippen LogP) is 6.43. The van der Waals surface area contributed by atoms with Gasteiger partial charge >= 0.3 is 6.09 Å². The van der Waals surface area contributed by atoms with Gasteiger partial charge in [0.05, 0.1) is 28.3 Å². The largest absolute Gasteiger partial charge is 0.447 e. The summed E-state index contributed by atoms with van der Waals surface area (Å²) in [5.41, 5.74) is 3.02. The monoisotopic (exact) mass is 452 g/mol. The zero-order chi connectivity index (χ0) is 22.3. The fourth-order valence-electron chi connectivity index (χ4n) is 4.02. The number of nitrogens with one attached hydrogen (secondary N) is 1. The normalized spacial score (nSPS) is 12.1. The molecular weight excluding hydrogens is 424 g/mol. The van der Waals surface area contributed by atoms with E-state index in [9.17, 15) is 9.59 Å². The van der Waals surface area contributed by atoms with Crippen molar-refractivity contribution in [3.8, 4) is 11.3 Å². The minimum Gasteiger partial charge on any atom is -0.447 e. The molecule has 1 N–H and O–H groups in total. The highest BCUT2D eigenvalue weighted by Gasteiger charge is 2.30. The molecule has 0 fully saturated rings. The van der Waals surface area contributed by atoms with Crippen LogP contribution < -0.4 is 5.32 Å². The highest BCUT2D eigenvalue weighted by atomic mass is 32.1. The van der Waals surface area contributed by atoms with Crippen molar-refractivity contribution in [3.05, 3.63) is 47.5 Å². The van der Waals surface area contributed by atoms with E-state index in [4.69, 9.17) is 9.47 Å². The minimum absolute atomic E-state index is 0.114. The molecule has 0 saturated heterocycles. The van der Waals surface area contributed by atoms with Crippen LogP contribution in [-0.2, 0) is 9.47 Å². The van der Waals surface area contributed by atoms with Gasteiger partial charge in [-0.1, -0.05) is 63.3 Å². The molecule has 32 heavy (non-hydrogen) atoms. The molecule has 1 aliphatic rings. The summed E-state index contributed by atoms with van der Waals surface area (Å²) < 4.78 is 16.3. The molecule has 1 aromatic heterocycles. The third kappa shape index (κ3) is 4.84. The van der Waals surface area contributed by atoms with Gasteiger partial charge in [0.25, 0.3) is 0 Å². The lowest BCUT2D eigenvalue weighted by Gasteiger charge is -2.18. The van der Waals surface area contributed by atoms with Gasteiger partial charge in [-0.05, 0) is 30.1 Å². The second-order valence-electron chi connectivity index (χ2n) is 7.91. The Morgan fingerprint density at radius 1 is 0.969 bits per heavy atom. The standard InChI is InChI=1S/C25H28N2O4S/c1-2-3-4-5-6-7-14-30-15-16-31-25(29)26-19-12-8-10-17-21(19)24(28)18-11-9-13-20-22(18)23(17)27-32-20/h8-13H,2-7,14-16H2,1H3,(H,26,29). The number of rotatable bonds is 11. The fourth-order valence-corrected chi connectivity index (χ4v) is 4.84. The van der Waals surface area contributed by atoms with E-state index in [1.54, 1.807) is 6.07 Å². The van der Waals surface area contributed by atoms with Crippen LogP contribution in [0.3, 0.4) is 0 Å². The van der Waals surface area contributed by atoms with Crippen molar-refractivity contribution in [1.82, 2.24) is 4.37 Å². The first-order valence-corrected chi connectivity index (χ1v) is 12.1. The zero-order valence-corrected chi connectivity index (χ0v) is 19.1. The van der Waals surface area contributed by atoms with Crippen molar-refractivity contribution in [1.29, 1.82) is 0 Å². The lowest BCUT2D eigenvalue weighted by molar-refractivity contribution is 0.0761. The highest BCUT2D eigenvalue weighted by Crippen LogP contribution is 2.42. The van der Waals surface area contributed by atoms with Crippen molar-refractivity contribution >= 4 is 39.2 Å². The Labute approximate surface area is 192 Å². The summed E-state index contributed by atoms with van der Waals surface area (Å²) in [6.07, 6.45) is 6.66. The Morgan fingerprint density at radius 2 is 1.75 bits per heavy atom. The Bertz CT molecular complexity index is 1110. The van der Waals surface area contributed by atoms with E-state index in [0.717, 1.165) is 27.8 Å². The average Bonchev–Trinajstić information content (AvgIpc) is 3.24. The van der Waals surface area contributed by atoms with Crippen LogP contribution in [0.4, 0.5) is 10.5 Å². The summed E-state index contributed by atoms with van der Waals surface area (Å²) in [5, 5.41) is 3.61. The van der Waals surface area contributed by atoms with Crippen molar-refractivity contribution in [2.45, 2.75) is 45.4 Å². The number of nitrogens with zero attached hydrogens (tertiary/aromatic N) is 1. The molecule has 6 nitrogen and oxygen atoms in total. The molecule has 0 atom stereocenters. The maximum absolute atomic E-state index is 13.2. The van der Waals surface area contributed by atoms with E-state index in [2.05, 4.69) is 16.6 Å². The number of benzene rings is 2. The van der Waals surface area contributed by atoms with Crippen LogP contribution in [0.15, 0.2) is 36.4 Å². The first-order chi connectivity index (χ1) is 15.7. The zero-order valence-electron chi connectivity index (χ0n) is 18.3. The molecule has 3 aromatic rings. The van der Waals surface area contributed by atoms with Gasteiger partial charge in [0, 0.05) is 23.1 Å². The Balaban J connectivity index is 1.30. The van der Waals surface area contributed by atoms with Crippen molar-refractivity contribution in [2.75, 3.05) is 25.1 Å². The van der Waals surface area contributed by atoms with Crippen molar-refractivity contribution in [3.63, 3.8) is 0 Å². The van der Waals surface area contributed by atoms with Gasteiger partial charge < -0.3 is 9.47 Å². The summed E-state index contributed by atoms with van der Waals surface area (Å²) >= 11 is 1.37. The van der Waals surface area contributed by atoms with Crippen LogP contribution in [0.2, 0.25) is 0 Å². The molecule has 4 rings (SSSR count). The number of ketones is 1. The van der Waals surface area contributed by atoms with Crippen molar-refractivity contribution in [2.24, 2.45) is 0 Å². The molecule has 7 heteroatoms. The van der Waals surface area contributed by atoms with Gasteiger partial charge in [0.15, 0.2) is 5.78 Å². The molecule has 0 radical (unpaired) electrons. The number of carbonyl (C=O) groups is 2. The first kappa shape index (κ1) is 22.4. The number of hydrogen-bond donors (Lipinski definition) is 1. The SMILES string of the molecule is CCCCCCCCOCCOC(=O)Nc1cccc2c1C(=O)c1cccc3snc-2c13. The predicted molar refractivity (Wildman–Crippen MR) is 128 cm³/mol. The van der Waals surface area contributed by atoms with E-state index < -0.39 is 6.09 Å². The second-order valence-corrected chi connectivity index (χ2v) is 8.71. The molecule has 1 heterocycles. The van der Waals surface area contributed by atoms with E-state index in [0.29, 0.717) is 30.0 Å². The number of aromatic nitrogens is 1. The van der Waals surface area contributed by atoms with Crippen LogP contribution >= 0.6 is 11.5 Å². The number of fused-ring (bicyclic) bond motifs is 2. The number of carbonyl (C=O) groups excluding carboxylic acids is 2. The Kier molecular flexibility index (Phi) is 7.50. The van der Waals surface area contributed by atoms with E-state index in [1.807, 2.05) is 30.3 Å². The third-order valence-electron chi connectivity index (χ3n) is 5.63. The maximum atomic E-state index is 13.2. The molecule has 0 saturated carbocycles. The van der Waals surface area contributed by atoms with Crippen LogP contribution in [0, 0.1) is 0 Å². The molecule has 0 bridgehead atoms. The quantitative estimate of drug-likeness (QED) is 0.265. The number of unbranched alkanes of at least 4 members (excludes halogenated alkanes) is 5. The molecule has 0 unspecified atom stereocenters. The molecular formula is C25H28N2O4S. The van der Waals surface area contributed by atoms with E-state index in [-0.39, 0.29) is 12.4 Å². The summed E-state index contributed by atoms with van der Waals surface area (Å²) in [4.78, 5) is 25.5. The average molecular weight is 453 g/mol. The smallest absolute Gasteiger partial charge is 0.411 e. The minimum atomic E-state index is -0.600. The van der Waals surface area contributed by atoms with Gasteiger partial charge in [-0.2, -0.15) is 4.37 Å². The number of ether oxygens (including phenoxy) is 2. The van der Waals surface area contributed by atoms with Gasteiger partial charge in [-0.3, -0.25) is 10.1 Å². The first-order valence-electron chi connectivity index (χ1n) is 11.3. The van der Waals surface area contributed by atoms with Gasteiger partial charge in [-0.15, -0.1) is 0 Å². The Morgan fingerprint density at radius 3 is 2.62 bits per heavy atom. The van der Waals surface area contributed by atoms with Gasteiger partial charge in [0.1, 0.15) is 6.61 Å². The fraction of sp³-hybridized carbons (Fsp3) is 0.400. The summed E-state index contributed by atoms with van der Waals surface area (Å²) in [7, 11) is 0. The molecule has 1 aliphatic carbocycles. The number of amides is 1. The maximum Gasteiger partial charge on any atom is 0.411 e. The van der Waals surface area contributed by atoms with Crippen LogP contribution in [0.1, 0.15) is 61.4 Å². The van der Waals surface area contributed by atoms with Crippen LogP contribution in [0.25, 0.3) is 21.3 Å². The Hall–Kier alpha value is -2.77. The summed E-state index contributed by atoms with van der Waals surface area (Å²) in [6, 6.07) is 11.0.